The molecule has 2 heterocycles. The summed E-state index contributed by atoms with van der Waals surface area (Å²) in [5, 5.41) is 9.59. The second-order valence-corrected chi connectivity index (χ2v) is 6.57. The van der Waals surface area contributed by atoms with Crippen molar-refractivity contribution in [2.45, 2.75) is 31.3 Å². The number of carbonyl (C=O) groups is 2. The lowest BCUT2D eigenvalue weighted by atomic mass is 9.94. The van der Waals surface area contributed by atoms with Crippen LogP contribution >= 0.6 is 0 Å². The molecule has 1 N–H and O–H groups in total. The maximum atomic E-state index is 13.0. The van der Waals surface area contributed by atoms with E-state index in [2.05, 4.69) is 4.90 Å². The first-order chi connectivity index (χ1) is 12.0. The van der Waals surface area contributed by atoms with Crippen molar-refractivity contribution < 1.29 is 23.8 Å². The van der Waals surface area contributed by atoms with Gasteiger partial charge in [0.1, 0.15) is 11.9 Å². The minimum Gasteiger partial charge on any atom is -0.480 e. The summed E-state index contributed by atoms with van der Waals surface area (Å²) in [6.45, 7) is 3.38. The smallest absolute Gasteiger partial charge is 0.326 e. The van der Waals surface area contributed by atoms with Gasteiger partial charge >= 0.3 is 5.97 Å². The highest BCUT2D eigenvalue weighted by atomic mass is 19.1. The Morgan fingerprint density at radius 3 is 2.48 bits per heavy atom. The van der Waals surface area contributed by atoms with E-state index in [4.69, 9.17) is 4.74 Å². The number of rotatable bonds is 4. The monoisotopic (exact) mass is 350 g/mol. The van der Waals surface area contributed by atoms with Gasteiger partial charge in [0.25, 0.3) is 0 Å². The van der Waals surface area contributed by atoms with Crippen molar-refractivity contribution in [2.24, 2.45) is 0 Å². The van der Waals surface area contributed by atoms with Crippen LogP contribution in [0.4, 0.5) is 4.39 Å². The maximum Gasteiger partial charge on any atom is 0.326 e. The molecule has 1 amide bonds. The first kappa shape index (κ1) is 17.8. The molecule has 2 atom stereocenters. The molecular weight excluding hydrogens is 327 g/mol. The predicted molar refractivity (Wildman–Crippen MR) is 88.7 cm³/mol. The molecule has 6 nitrogen and oxygen atoms in total. The number of hydrogen-bond donors (Lipinski definition) is 1. The summed E-state index contributed by atoms with van der Waals surface area (Å²) in [7, 11) is 0. The zero-order valence-electron chi connectivity index (χ0n) is 14.1. The Morgan fingerprint density at radius 2 is 1.84 bits per heavy atom. The fraction of sp³-hybridized carbons (Fsp3) is 0.556. The molecular formula is C18H23FN2O4. The summed E-state index contributed by atoms with van der Waals surface area (Å²) in [6.07, 6.45) is 1.29. The lowest BCUT2D eigenvalue weighted by Gasteiger charge is -2.43. The summed E-state index contributed by atoms with van der Waals surface area (Å²) in [5.41, 5.74) is 0.686. The van der Waals surface area contributed by atoms with Crippen LogP contribution in [0, 0.1) is 5.82 Å². The number of halogens is 1. The summed E-state index contributed by atoms with van der Waals surface area (Å²) < 4.78 is 18.3. The number of carbonyl (C=O) groups excluding carboxylic acids is 1. The Morgan fingerprint density at radius 1 is 1.16 bits per heavy atom. The van der Waals surface area contributed by atoms with E-state index in [9.17, 15) is 19.1 Å². The standard InChI is InChI=1S/C18H23FN2O4/c19-14-3-1-13(2-4-14)11-17(22)21-6-5-15(12-16(21)18(23)24)20-7-9-25-10-8-20/h1-4,15-16H,5-12H2,(H,23,24)/t15-,16-/m0/s1. The van der Waals surface area contributed by atoms with Gasteiger partial charge in [-0.2, -0.15) is 0 Å². The van der Waals surface area contributed by atoms with Gasteiger partial charge in [-0.1, -0.05) is 12.1 Å². The first-order valence-corrected chi connectivity index (χ1v) is 8.63. The molecule has 2 aliphatic heterocycles. The topological polar surface area (TPSA) is 70.1 Å². The highest BCUT2D eigenvalue weighted by molar-refractivity contribution is 5.85. The van der Waals surface area contributed by atoms with Crippen LogP contribution in [-0.2, 0) is 20.7 Å². The number of morpholine rings is 1. The number of ether oxygens (including phenoxy) is 1. The van der Waals surface area contributed by atoms with Crippen molar-refractivity contribution in [3.05, 3.63) is 35.6 Å². The lowest BCUT2D eigenvalue weighted by molar-refractivity contribution is -0.153. The summed E-state index contributed by atoms with van der Waals surface area (Å²) >= 11 is 0. The van der Waals surface area contributed by atoms with Crippen molar-refractivity contribution in [1.29, 1.82) is 0 Å². The maximum absolute atomic E-state index is 13.0. The van der Waals surface area contributed by atoms with E-state index in [0.717, 1.165) is 19.5 Å². The number of amides is 1. The molecule has 1 aromatic rings. The van der Waals surface area contributed by atoms with Gasteiger partial charge in [-0.15, -0.1) is 0 Å². The molecule has 0 radical (unpaired) electrons. The number of carboxylic acids is 1. The van der Waals surface area contributed by atoms with Gasteiger partial charge < -0.3 is 14.7 Å². The van der Waals surface area contributed by atoms with Crippen LogP contribution in [-0.4, -0.2) is 71.7 Å². The predicted octanol–water partition coefficient (Wildman–Crippen LogP) is 1.14. The molecule has 2 aliphatic rings. The molecule has 0 bridgehead atoms. The average molecular weight is 350 g/mol. The summed E-state index contributed by atoms with van der Waals surface area (Å²) in [5.74, 6) is -1.55. The SMILES string of the molecule is O=C(O)[C@@H]1C[C@@H](N2CCOCC2)CCN1C(=O)Cc1ccc(F)cc1. The van der Waals surface area contributed by atoms with Crippen molar-refractivity contribution in [3.8, 4) is 0 Å². The second-order valence-electron chi connectivity index (χ2n) is 6.57. The third-order valence-corrected chi connectivity index (χ3v) is 5.01. The van der Waals surface area contributed by atoms with Crippen LogP contribution in [0.15, 0.2) is 24.3 Å². The van der Waals surface area contributed by atoms with E-state index in [0.29, 0.717) is 31.7 Å². The van der Waals surface area contributed by atoms with Gasteiger partial charge in [0, 0.05) is 25.7 Å². The van der Waals surface area contributed by atoms with Gasteiger partial charge in [-0.25, -0.2) is 9.18 Å². The van der Waals surface area contributed by atoms with Gasteiger partial charge in [-0.3, -0.25) is 9.69 Å². The van der Waals surface area contributed by atoms with Crippen molar-refractivity contribution in [2.75, 3.05) is 32.8 Å². The largest absolute Gasteiger partial charge is 0.480 e. The number of benzene rings is 1. The number of nitrogens with zero attached hydrogens (tertiary/aromatic N) is 2. The quantitative estimate of drug-likeness (QED) is 0.882. The van der Waals surface area contributed by atoms with Crippen LogP contribution < -0.4 is 0 Å². The van der Waals surface area contributed by atoms with Crippen molar-refractivity contribution in [3.63, 3.8) is 0 Å². The van der Waals surface area contributed by atoms with Crippen LogP contribution in [0.25, 0.3) is 0 Å². The Bertz CT molecular complexity index is 616. The van der Waals surface area contributed by atoms with E-state index >= 15 is 0 Å². The van der Waals surface area contributed by atoms with E-state index in [1.54, 1.807) is 12.1 Å². The molecule has 0 aromatic heterocycles. The number of aliphatic carboxylic acids is 1. The molecule has 1 aromatic carbocycles. The Kier molecular flexibility index (Phi) is 5.65. The fourth-order valence-electron chi connectivity index (χ4n) is 3.63. The van der Waals surface area contributed by atoms with Crippen LogP contribution in [0.2, 0.25) is 0 Å². The third kappa shape index (κ3) is 4.35. The van der Waals surface area contributed by atoms with Gasteiger partial charge in [0.05, 0.1) is 19.6 Å². The molecule has 25 heavy (non-hydrogen) atoms. The number of likely N-dealkylation sites (tertiary alicyclic amines) is 1. The van der Waals surface area contributed by atoms with Crippen LogP contribution in [0.3, 0.4) is 0 Å². The molecule has 2 saturated heterocycles. The zero-order valence-corrected chi connectivity index (χ0v) is 14.1. The van der Waals surface area contributed by atoms with Crippen molar-refractivity contribution >= 4 is 11.9 Å². The van der Waals surface area contributed by atoms with Gasteiger partial charge in [-0.05, 0) is 30.5 Å². The highest BCUT2D eigenvalue weighted by Crippen LogP contribution is 2.24. The van der Waals surface area contributed by atoms with E-state index in [-0.39, 0.29) is 24.2 Å². The molecule has 0 aliphatic carbocycles. The van der Waals surface area contributed by atoms with E-state index in [1.807, 2.05) is 0 Å². The van der Waals surface area contributed by atoms with E-state index < -0.39 is 12.0 Å². The molecule has 0 saturated carbocycles. The Balaban J connectivity index is 1.65. The number of piperidine rings is 1. The summed E-state index contributed by atoms with van der Waals surface area (Å²) in [6, 6.07) is 5.09. The molecule has 136 valence electrons. The zero-order chi connectivity index (χ0) is 17.8. The van der Waals surface area contributed by atoms with Crippen molar-refractivity contribution in [1.82, 2.24) is 9.80 Å². The highest BCUT2D eigenvalue weighted by Gasteiger charge is 2.38. The first-order valence-electron chi connectivity index (χ1n) is 8.63. The second kappa shape index (κ2) is 7.93. The van der Waals surface area contributed by atoms with E-state index in [1.165, 1.54) is 17.0 Å². The summed E-state index contributed by atoms with van der Waals surface area (Å²) in [4.78, 5) is 28.0. The van der Waals surface area contributed by atoms with Gasteiger partial charge in [0.2, 0.25) is 5.91 Å². The molecule has 0 spiro atoms. The minimum atomic E-state index is -0.967. The number of carboxylic acid groups (broad SMARTS) is 1. The lowest BCUT2D eigenvalue weighted by Crippen LogP contribution is -2.56. The van der Waals surface area contributed by atoms with Crippen LogP contribution in [0.1, 0.15) is 18.4 Å². The minimum absolute atomic E-state index is 0.0896. The number of hydrogen-bond acceptors (Lipinski definition) is 4. The third-order valence-electron chi connectivity index (χ3n) is 5.01. The molecule has 7 heteroatoms. The normalized spacial score (nSPS) is 24.9. The Labute approximate surface area is 146 Å². The fourth-order valence-corrected chi connectivity index (χ4v) is 3.63. The molecule has 3 rings (SSSR count). The molecule has 0 unspecified atom stereocenters. The average Bonchev–Trinajstić information content (AvgIpc) is 2.63. The van der Waals surface area contributed by atoms with Gasteiger partial charge in [0.15, 0.2) is 0 Å². The van der Waals surface area contributed by atoms with Crippen LogP contribution in [0.5, 0.6) is 0 Å². The molecule has 2 fully saturated rings. The Hall–Kier alpha value is -1.99.